The Hall–Kier alpha value is -1.50. The van der Waals surface area contributed by atoms with Gasteiger partial charge in [-0.1, -0.05) is 29.8 Å². The van der Waals surface area contributed by atoms with Crippen LogP contribution in [0.1, 0.15) is 31.7 Å². The van der Waals surface area contributed by atoms with E-state index >= 15 is 0 Å². The fourth-order valence-corrected chi connectivity index (χ4v) is 2.63. The lowest BCUT2D eigenvalue weighted by Gasteiger charge is -2.08. The molecule has 0 fully saturated rings. The van der Waals surface area contributed by atoms with Crippen molar-refractivity contribution >= 4 is 15.9 Å². The standard InChI is InChI=1S/C16H22O5S/c1-13-8-10-16(11-9-13)22(19,20)21-12-15(18)7-5-3-4-6-14(2)17/h5,7-11,15,18H,3-4,6,12H2,1-2H3/b7-5+/t15-/m1/s1. The summed E-state index contributed by atoms with van der Waals surface area (Å²) in [5.74, 6) is 0.126. The van der Waals surface area contributed by atoms with Gasteiger partial charge in [-0.05, 0) is 38.8 Å². The first-order valence-electron chi connectivity index (χ1n) is 7.11. The number of carbonyl (C=O) groups is 1. The van der Waals surface area contributed by atoms with Gasteiger partial charge in [0.25, 0.3) is 10.1 Å². The molecule has 1 aromatic rings. The average Bonchev–Trinajstić information content (AvgIpc) is 2.45. The molecule has 0 aliphatic rings. The maximum Gasteiger partial charge on any atom is 0.297 e. The van der Waals surface area contributed by atoms with E-state index in [-0.39, 0.29) is 17.3 Å². The lowest BCUT2D eigenvalue weighted by Crippen LogP contribution is -2.17. The molecule has 6 heteroatoms. The third kappa shape index (κ3) is 6.98. The molecular formula is C16H22O5S. The SMILES string of the molecule is CC(=O)CCC/C=C/[C@@H](O)COS(=O)(=O)c1ccc(C)cc1. The largest absolute Gasteiger partial charge is 0.387 e. The van der Waals surface area contributed by atoms with E-state index in [1.54, 1.807) is 18.2 Å². The summed E-state index contributed by atoms with van der Waals surface area (Å²) < 4.78 is 28.6. The molecule has 1 rings (SSSR count). The number of allylic oxidation sites excluding steroid dienone is 1. The molecule has 1 atom stereocenters. The van der Waals surface area contributed by atoms with Gasteiger partial charge in [0.15, 0.2) is 0 Å². The second-order valence-electron chi connectivity index (χ2n) is 5.14. The van der Waals surface area contributed by atoms with E-state index in [9.17, 15) is 18.3 Å². The van der Waals surface area contributed by atoms with E-state index in [1.165, 1.54) is 25.1 Å². The number of unbranched alkanes of at least 4 members (excludes halogenated alkanes) is 1. The first-order chi connectivity index (χ1) is 10.3. The molecule has 22 heavy (non-hydrogen) atoms. The van der Waals surface area contributed by atoms with Gasteiger partial charge in [-0.25, -0.2) is 0 Å². The number of hydrogen-bond donors (Lipinski definition) is 1. The first-order valence-corrected chi connectivity index (χ1v) is 8.52. The molecular weight excluding hydrogens is 304 g/mol. The number of carbonyl (C=O) groups excluding carboxylic acids is 1. The number of hydrogen-bond acceptors (Lipinski definition) is 5. The molecule has 0 saturated heterocycles. The number of aryl methyl sites for hydroxylation is 1. The molecule has 0 aliphatic carbocycles. The Bertz CT molecular complexity index is 602. The number of aliphatic hydroxyl groups is 1. The molecule has 0 bridgehead atoms. The second-order valence-corrected chi connectivity index (χ2v) is 6.76. The summed E-state index contributed by atoms with van der Waals surface area (Å²) in [4.78, 5) is 10.8. The normalized spacial score (nSPS) is 13.4. The van der Waals surface area contributed by atoms with Crippen molar-refractivity contribution < 1.29 is 22.5 Å². The molecule has 0 unspecified atom stereocenters. The van der Waals surface area contributed by atoms with Gasteiger partial charge in [0.1, 0.15) is 5.78 Å². The highest BCUT2D eigenvalue weighted by Crippen LogP contribution is 2.13. The van der Waals surface area contributed by atoms with Crippen molar-refractivity contribution in [3.05, 3.63) is 42.0 Å². The fourth-order valence-electron chi connectivity index (χ4n) is 1.71. The Balaban J connectivity index is 2.42. The average molecular weight is 326 g/mol. The number of rotatable bonds is 9. The van der Waals surface area contributed by atoms with Crippen molar-refractivity contribution in [3.63, 3.8) is 0 Å². The van der Waals surface area contributed by atoms with Gasteiger partial charge >= 0.3 is 0 Å². The van der Waals surface area contributed by atoms with E-state index in [0.29, 0.717) is 19.3 Å². The zero-order valence-corrected chi connectivity index (χ0v) is 13.7. The third-order valence-corrected chi connectivity index (χ3v) is 4.26. The Morgan fingerprint density at radius 2 is 1.95 bits per heavy atom. The summed E-state index contributed by atoms with van der Waals surface area (Å²) in [7, 11) is -3.86. The van der Waals surface area contributed by atoms with Crippen LogP contribution in [0, 0.1) is 6.92 Å². The van der Waals surface area contributed by atoms with E-state index < -0.39 is 16.2 Å². The zero-order chi connectivity index (χ0) is 16.6. The van der Waals surface area contributed by atoms with Crippen LogP contribution < -0.4 is 0 Å². The molecule has 122 valence electrons. The third-order valence-electron chi connectivity index (χ3n) is 2.96. The van der Waals surface area contributed by atoms with Crippen LogP contribution >= 0.6 is 0 Å². The second kappa shape index (κ2) is 8.82. The van der Waals surface area contributed by atoms with Crippen molar-refractivity contribution in [3.8, 4) is 0 Å². The van der Waals surface area contributed by atoms with Crippen LogP contribution in [0.3, 0.4) is 0 Å². The molecule has 5 nitrogen and oxygen atoms in total. The highest BCUT2D eigenvalue weighted by atomic mass is 32.2. The van der Waals surface area contributed by atoms with Gasteiger partial charge in [-0.2, -0.15) is 8.42 Å². The fraction of sp³-hybridized carbons (Fsp3) is 0.438. The van der Waals surface area contributed by atoms with E-state index in [0.717, 1.165) is 5.56 Å². The van der Waals surface area contributed by atoms with E-state index in [2.05, 4.69) is 0 Å². The first kappa shape index (κ1) is 18.5. The maximum absolute atomic E-state index is 11.9. The van der Waals surface area contributed by atoms with Crippen LogP contribution in [-0.2, 0) is 19.1 Å². The quantitative estimate of drug-likeness (QED) is 0.428. The van der Waals surface area contributed by atoms with Crippen LogP contribution in [0.4, 0.5) is 0 Å². The molecule has 1 aromatic carbocycles. The predicted octanol–water partition coefficient (Wildman–Crippen LogP) is 2.38. The van der Waals surface area contributed by atoms with Gasteiger partial charge in [-0.3, -0.25) is 4.18 Å². The summed E-state index contributed by atoms with van der Waals surface area (Å²) >= 11 is 0. The Morgan fingerprint density at radius 1 is 1.32 bits per heavy atom. The highest BCUT2D eigenvalue weighted by Gasteiger charge is 2.16. The lowest BCUT2D eigenvalue weighted by molar-refractivity contribution is -0.117. The minimum Gasteiger partial charge on any atom is -0.387 e. The zero-order valence-electron chi connectivity index (χ0n) is 12.9. The summed E-state index contributed by atoms with van der Waals surface area (Å²) in [5, 5.41) is 9.67. The number of ketones is 1. The Labute approximate surface area is 131 Å². The van der Waals surface area contributed by atoms with Crippen LogP contribution in [0.2, 0.25) is 0 Å². The minimum absolute atomic E-state index is 0.0655. The van der Waals surface area contributed by atoms with Crippen molar-refractivity contribution in [1.29, 1.82) is 0 Å². The molecule has 0 amide bonds. The molecule has 0 saturated carbocycles. The van der Waals surface area contributed by atoms with Crippen LogP contribution in [-0.4, -0.2) is 32.0 Å². The molecule has 0 radical (unpaired) electrons. The van der Waals surface area contributed by atoms with E-state index in [4.69, 9.17) is 4.18 Å². The highest BCUT2D eigenvalue weighted by molar-refractivity contribution is 7.86. The predicted molar refractivity (Wildman–Crippen MR) is 84.0 cm³/mol. The monoisotopic (exact) mass is 326 g/mol. The topological polar surface area (TPSA) is 80.7 Å². The minimum atomic E-state index is -3.86. The van der Waals surface area contributed by atoms with Gasteiger partial charge in [-0.15, -0.1) is 0 Å². The molecule has 0 heterocycles. The van der Waals surface area contributed by atoms with Crippen molar-refractivity contribution in [2.75, 3.05) is 6.61 Å². The van der Waals surface area contributed by atoms with E-state index in [1.807, 2.05) is 6.92 Å². The van der Waals surface area contributed by atoms with Crippen molar-refractivity contribution in [2.24, 2.45) is 0 Å². The smallest absolute Gasteiger partial charge is 0.297 e. The molecule has 0 aliphatic heterocycles. The number of aliphatic hydroxyl groups excluding tert-OH is 1. The van der Waals surface area contributed by atoms with Crippen LogP contribution in [0.5, 0.6) is 0 Å². The van der Waals surface area contributed by atoms with Gasteiger partial charge in [0.2, 0.25) is 0 Å². The van der Waals surface area contributed by atoms with Gasteiger partial charge < -0.3 is 9.90 Å². The molecule has 0 aromatic heterocycles. The number of benzene rings is 1. The van der Waals surface area contributed by atoms with Crippen molar-refractivity contribution in [2.45, 2.75) is 44.1 Å². The summed E-state index contributed by atoms with van der Waals surface area (Å²) in [6.45, 7) is 3.06. The Kier molecular flexibility index (Phi) is 7.44. The van der Waals surface area contributed by atoms with Crippen LogP contribution in [0.15, 0.2) is 41.3 Å². The summed E-state index contributed by atoms with van der Waals surface area (Å²) in [6, 6.07) is 6.30. The lowest BCUT2D eigenvalue weighted by atomic mass is 10.2. The Morgan fingerprint density at radius 3 is 2.55 bits per heavy atom. The molecule has 1 N–H and O–H groups in total. The van der Waals surface area contributed by atoms with Gasteiger partial charge in [0, 0.05) is 6.42 Å². The number of Topliss-reactive ketones (excluding diaryl/α,β-unsaturated/α-hetero) is 1. The summed E-state index contributed by atoms with van der Waals surface area (Å²) in [5.41, 5.74) is 0.951. The maximum atomic E-state index is 11.9. The van der Waals surface area contributed by atoms with Crippen molar-refractivity contribution in [1.82, 2.24) is 0 Å². The van der Waals surface area contributed by atoms with Crippen LogP contribution in [0.25, 0.3) is 0 Å². The van der Waals surface area contributed by atoms with Gasteiger partial charge in [0.05, 0.1) is 17.6 Å². The summed E-state index contributed by atoms with van der Waals surface area (Å²) in [6.07, 6.45) is 4.05. The molecule has 0 spiro atoms.